The Morgan fingerprint density at radius 3 is 2.94 bits per heavy atom. The van der Waals surface area contributed by atoms with Crippen LogP contribution in [0.4, 0.5) is 5.95 Å². The third-order valence-corrected chi connectivity index (χ3v) is 1.79. The first kappa shape index (κ1) is 13.2. The summed E-state index contributed by atoms with van der Waals surface area (Å²) in [6, 6.07) is 1.71. The molecule has 1 heterocycles. The molecule has 2 N–H and O–H groups in total. The van der Waals surface area contributed by atoms with Gasteiger partial charge in [-0.15, -0.1) is 0 Å². The molecule has 0 aromatic carbocycles. The molecule has 0 aliphatic carbocycles. The van der Waals surface area contributed by atoms with E-state index in [2.05, 4.69) is 15.3 Å². The van der Waals surface area contributed by atoms with E-state index in [1.807, 2.05) is 6.92 Å². The summed E-state index contributed by atoms with van der Waals surface area (Å²) in [7, 11) is 1.53. The number of carboxylic acid groups (broad SMARTS) is 1. The molecule has 0 unspecified atom stereocenters. The van der Waals surface area contributed by atoms with Crippen LogP contribution < -0.4 is 10.1 Å². The van der Waals surface area contributed by atoms with Gasteiger partial charge in [-0.2, -0.15) is 4.98 Å². The molecule has 0 saturated carbocycles. The quantitative estimate of drug-likeness (QED) is 0.663. The van der Waals surface area contributed by atoms with Crippen LogP contribution in [-0.2, 0) is 9.53 Å². The molecule has 1 aromatic heterocycles. The number of nitrogens with one attached hydrogen (secondary N) is 1. The number of aliphatic carboxylic acids is 1. The van der Waals surface area contributed by atoms with Crippen molar-refractivity contribution in [2.24, 2.45) is 0 Å². The minimum atomic E-state index is -0.988. The molecule has 17 heavy (non-hydrogen) atoms. The van der Waals surface area contributed by atoms with Gasteiger partial charge in [0.05, 0.1) is 13.7 Å². The summed E-state index contributed by atoms with van der Waals surface area (Å²) < 4.78 is 9.85. The summed E-state index contributed by atoms with van der Waals surface area (Å²) >= 11 is 0. The molecule has 0 aliphatic rings. The third-order valence-electron chi connectivity index (χ3n) is 1.79. The Kier molecular flexibility index (Phi) is 5.15. The second-order valence-corrected chi connectivity index (χ2v) is 3.25. The van der Waals surface area contributed by atoms with Gasteiger partial charge < -0.3 is 19.9 Å². The van der Waals surface area contributed by atoms with Gasteiger partial charge in [-0.25, -0.2) is 9.78 Å². The lowest BCUT2D eigenvalue weighted by atomic mass is 10.4. The number of aromatic nitrogens is 2. The topological polar surface area (TPSA) is 93.6 Å². The largest absolute Gasteiger partial charge is 0.481 e. The summed E-state index contributed by atoms with van der Waals surface area (Å²) in [5, 5.41) is 11.3. The predicted molar refractivity (Wildman–Crippen MR) is 60.3 cm³/mol. The second-order valence-electron chi connectivity index (χ2n) is 3.25. The summed E-state index contributed by atoms with van der Waals surface area (Å²) in [5.74, 6) is -0.0781. The van der Waals surface area contributed by atoms with Gasteiger partial charge in [0.2, 0.25) is 11.8 Å². The van der Waals surface area contributed by atoms with Crippen LogP contribution in [0.2, 0.25) is 0 Å². The van der Waals surface area contributed by atoms with Gasteiger partial charge in [-0.1, -0.05) is 0 Å². The number of nitrogens with zero attached hydrogens (tertiary/aromatic N) is 2. The van der Waals surface area contributed by atoms with Crippen molar-refractivity contribution in [3.05, 3.63) is 11.8 Å². The van der Waals surface area contributed by atoms with Gasteiger partial charge in [-0.3, -0.25) is 0 Å². The second kappa shape index (κ2) is 6.64. The Labute approximate surface area is 98.8 Å². The molecular weight excluding hydrogens is 226 g/mol. The molecule has 1 aromatic rings. The minimum absolute atomic E-state index is 0.270. The average molecular weight is 241 g/mol. The van der Waals surface area contributed by atoms with E-state index in [0.29, 0.717) is 18.4 Å². The number of carbonyl (C=O) groups is 1. The molecule has 0 spiro atoms. The Balaban J connectivity index is 2.36. The molecule has 7 heteroatoms. The molecule has 0 saturated heterocycles. The average Bonchev–Trinajstić information content (AvgIpc) is 2.27. The van der Waals surface area contributed by atoms with Crippen LogP contribution >= 0.6 is 0 Å². The van der Waals surface area contributed by atoms with Crippen LogP contribution in [0.5, 0.6) is 5.88 Å². The van der Waals surface area contributed by atoms with Gasteiger partial charge in [0.25, 0.3) is 0 Å². The molecule has 0 aliphatic heterocycles. The number of ether oxygens (including phenoxy) is 2. The van der Waals surface area contributed by atoms with Gasteiger partial charge in [0.15, 0.2) is 0 Å². The van der Waals surface area contributed by atoms with E-state index in [-0.39, 0.29) is 13.2 Å². The number of rotatable bonds is 7. The van der Waals surface area contributed by atoms with E-state index in [0.717, 1.165) is 5.69 Å². The zero-order valence-corrected chi connectivity index (χ0v) is 9.77. The van der Waals surface area contributed by atoms with E-state index in [1.54, 1.807) is 6.07 Å². The van der Waals surface area contributed by atoms with Crippen molar-refractivity contribution < 1.29 is 19.4 Å². The maximum absolute atomic E-state index is 10.2. The summed E-state index contributed by atoms with van der Waals surface area (Å²) in [6.45, 7) is 2.22. The van der Waals surface area contributed by atoms with Gasteiger partial charge in [-0.05, 0) is 6.92 Å². The molecule has 1 rings (SSSR count). The Morgan fingerprint density at radius 2 is 2.29 bits per heavy atom. The zero-order chi connectivity index (χ0) is 12.7. The maximum Gasteiger partial charge on any atom is 0.329 e. The van der Waals surface area contributed by atoms with Gasteiger partial charge >= 0.3 is 5.97 Å². The lowest BCUT2D eigenvalue weighted by Gasteiger charge is -2.07. The van der Waals surface area contributed by atoms with Crippen LogP contribution in [-0.4, -0.2) is 47.9 Å². The smallest absolute Gasteiger partial charge is 0.329 e. The fourth-order valence-electron chi connectivity index (χ4n) is 1.12. The monoisotopic (exact) mass is 241 g/mol. The first-order valence-electron chi connectivity index (χ1n) is 5.05. The molecule has 0 fully saturated rings. The van der Waals surface area contributed by atoms with Crippen LogP contribution in [0, 0.1) is 6.92 Å². The van der Waals surface area contributed by atoms with Crippen LogP contribution in [0.3, 0.4) is 0 Å². The van der Waals surface area contributed by atoms with E-state index in [4.69, 9.17) is 14.6 Å². The van der Waals surface area contributed by atoms with Crippen LogP contribution in [0.1, 0.15) is 5.69 Å². The standard InChI is InChI=1S/C10H15N3O4/c1-7-5-8(16-2)13-10(12-7)11-3-4-17-6-9(14)15/h5H,3-4,6H2,1-2H3,(H,14,15)(H,11,12,13). The number of aryl methyl sites for hydroxylation is 1. The number of carboxylic acids is 1. The molecule has 0 bridgehead atoms. The Morgan fingerprint density at radius 1 is 1.53 bits per heavy atom. The van der Waals surface area contributed by atoms with E-state index >= 15 is 0 Å². The summed E-state index contributed by atoms with van der Waals surface area (Å²) in [4.78, 5) is 18.4. The highest BCUT2D eigenvalue weighted by atomic mass is 16.5. The lowest BCUT2D eigenvalue weighted by molar-refractivity contribution is -0.142. The summed E-state index contributed by atoms with van der Waals surface area (Å²) in [5.41, 5.74) is 0.783. The van der Waals surface area contributed by atoms with E-state index < -0.39 is 5.97 Å². The fraction of sp³-hybridized carbons (Fsp3) is 0.500. The molecule has 0 amide bonds. The lowest BCUT2D eigenvalue weighted by Crippen LogP contribution is -2.15. The molecule has 7 nitrogen and oxygen atoms in total. The van der Waals surface area contributed by atoms with Crippen molar-refractivity contribution in [2.75, 3.05) is 32.2 Å². The van der Waals surface area contributed by atoms with E-state index in [1.165, 1.54) is 7.11 Å². The van der Waals surface area contributed by atoms with Gasteiger partial charge in [0.1, 0.15) is 6.61 Å². The zero-order valence-electron chi connectivity index (χ0n) is 9.77. The first-order chi connectivity index (χ1) is 8.11. The first-order valence-corrected chi connectivity index (χ1v) is 5.05. The highest BCUT2D eigenvalue weighted by Crippen LogP contribution is 2.10. The van der Waals surface area contributed by atoms with Crippen LogP contribution in [0.25, 0.3) is 0 Å². The molecule has 94 valence electrons. The van der Waals surface area contributed by atoms with E-state index in [9.17, 15) is 4.79 Å². The third kappa shape index (κ3) is 5.12. The Hall–Kier alpha value is -1.89. The Bertz CT molecular complexity index is 384. The van der Waals surface area contributed by atoms with Crippen molar-refractivity contribution >= 4 is 11.9 Å². The minimum Gasteiger partial charge on any atom is -0.481 e. The maximum atomic E-state index is 10.2. The van der Waals surface area contributed by atoms with Crippen molar-refractivity contribution in [1.82, 2.24) is 9.97 Å². The molecular formula is C10H15N3O4. The number of anilines is 1. The van der Waals surface area contributed by atoms with Crippen molar-refractivity contribution in [2.45, 2.75) is 6.92 Å². The van der Waals surface area contributed by atoms with Gasteiger partial charge in [0, 0.05) is 18.3 Å². The SMILES string of the molecule is COc1cc(C)nc(NCCOCC(=O)O)n1. The normalized spacial score (nSPS) is 10.0. The predicted octanol–water partition coefficient (Wildman–Crippen LogP) is 0.307. The molecule has 0 atom stereocenters. The number of hydrogen-bond donors (Lipinski definition) is 2. The van der Waals surface area contributed by atoms with Crippen molar-refractivity contribution in [3.63, 3.8) is 0 Å². The highest BCUT2D eigenvalue weighted by molar-refractivity contribution is 5.67. The van der Waals surface area contributed by atoms with Crippen LogP contribution in [0.15, 0.2) is 6.07 Å². The number of hydrogen-bond acceptors (Lipinski definition) is 6. The summed E-state index contributed by atoms with van der Waals surface area (Å²) in [6.07, 6.45) is 0. The number of methoxy groups -OCH3 is 1. The fourth-order valence-corrected chi connectivity index (χ4v) is 1.12. The van der Waals surface area contributed by atoms with Crippen molar-refractivity contribution in [1.29, 1.82) is 0 Å². The van der Waals surface area contributed by atoms with Crippen molar-refractivity contribution in [3.8, 4) is 5.88 Å². The molecule has 0 radical (unpaired) electrons. The highest BCUT2D eigenvalue weighted by Gasteiger charge is 2.01.